The lowest BCUT2D eigenvalue weighted by Gasteiger charge is -2.40. The van der Waals surface area contributed by atoms with Crippen molar-refractivity contribution in [3.63, 3.8) is 0 Å². The molecule has 0 radical (unpaired) electrons. The molecule has 0 saturated carbocycles. The summed E-state index contributed by atoms with van der Waals surface area (Å²) in [6.45, 7) is 6.18. The first-order chi connectivity index (χ1) is 13.4. The molecule has 0 fully saturated rings. The summed E-state index contributed by atoms with van der Waals surface area (Å²) in [4.78, 5) is 0.333. The zero-order valence-corrected chi connectivity index (χ0v) is 17.3. The van der Waals surface area contributed by atoms with E-state index < -0.39 is 10.0 Å². The second-order valence-electron chi connectivity index (χ2n) is 7.74. The monoisotopic (exact) mass is 391 g/mol. The van der Waals surface area contributed by atoms with Crippen LogP contribution in [0.2, 0.25) is 0 Å². The van der Waals surface area contributed by atoms with Crippen molar-refractivity contribution in [2.24, 2.45) is 0 Å². The Morgan fingerprint density at radius 2 is 1.57 bits per heavy atom. The third kappa shape index (κ3) is 3.22. The van der Waals surface area contributed by atoms with Gasteiger partial charge >= 0.3 is 0 Å². The van der Waals surface area contributed by atoms with Crippen molar-refractivity contribution in [3.8, 4) is 0 Å². The molecule has 0 bridgehead atoms. The van der Waals surface area contributed by atoms with E-state index in [9.17, 15) is 8.42 Å². The molecule has 0 aromatic heterocycles. The van der Waals surface area contributed by atoms with Crippen molar-refractivity contribution >= 4 is 15.7 Å². The van der Waals surface area contributed by atoms with Gasteiger partial charge in [0, 0.05) is 0 Å². The molecule has 4 heteroatoms. The van der Waals surface area contributed by atoms with Crippen molar-refractivity contribution in [1.82, 2.24) is 0 Å². The molecule has 2 atom stereocenters. The Hall–Kier alpha value is -2.59. The lowest BCUT2D eigenvalue weighted by Crippen LogP contribution is -2.39. The van der Waals surface area contributed by atoms with E-state index in [-0.39, 0.29) is 12.0 Å². The number of hydrogen-bond acceptors (Lipinski definition) is 2. The van der Waals surface area contributed by atoms with Crippen LogP contribution in [0.15, 0.2) is 77.7 Å². The number of aryl methyl sites for hydroxylation is 2. The van der Waals surface area contributed by atoms with Crippen LogP contribution in [0.5, 0.6) is 0 Å². The molecule has 1 aliphatic rings. The van der Waals surface area contributed by atoms with Crippen molar-refractivity contribution in [2.45, 2.75) is 44.0 Å². The Labute approximate surface area is 167 Å². The van der Waals surface area contributed by atoms with Crippen LogP contribution in [0, 0.1) is 13.8 Å². The summed E-state index contributed by atoms with van der Waals surface area (Å²) in [7, 11) is -3.69. The Balaban J connectivity index is 1.92. The normalized spacial score (nSPS) is 19.3. The molecule has 0 spiro atoms. The molecule has 1 aliphatic heterocycles. The molecule has 0 saturated heterocycles. The largest absolute Gasteiger partial charge is 0.264 e. The fourth-order valence-electron chi connectivity index (χ4n) is 4.10. The highest BCUT2D eigenvalue weighted by Crippen LogP contribution is 2.47. The van der Waals surface area contributed by atoms with E-state index >= 15 is 0 Å². The maximum absolute atomic E-state index is 13.8. The van der Waals surface area contributed by atoms with Crippen LogP contribution in [-0.4, -0.2) is 8.42 Å². The summed E-state index contributed by atoms with van der Waals surface area (Å²) >= 11 is 0. The second-order valence-corrected chi connectivity index (χ2v) is 9.55. The van der Waals surface area contributed by atoms with Gasteiger partial charge in [-0.25, -0.2) is 8.42 Å². The van der Waals surface area contributed by atoms with Crippen LogP contribution < -0.4 is 4.31 Å². The number of anilines is 1. The van der Waals surface area contributed by atoms with Gasteiger partial charge in [0.15, 0.2) is 0 Å². The molecule has 4 rings (SSSR count). The number of rotatable bonds is 3. The van der Waals surface area contributed by atoms with Gasteiger partial charge in [-0.15, -0.1) is 0 Å². The van der Waals surface area contributed by atoms with Crippen LogP contribution in [0.25, 0.3) is 0 Å². The minimum atomic E-state index is -3.69. The van der Waals surface area contributed by atoms with Crippen molar-refractivity contribution < 1.29 is 8.42 Å². The van der Waals surface area contributed by atoms with Crippen LogP contribution in [0.3, 0.4) is 0 Å². The summed E-state index contributed by atoms with van der Waals surface area (Å²) in [5.41, 5.74) is 5.09. The van der Waals surface area contributed by atoms with Crippen molar-refractivity contribution in [1.29, 1.82) is 0 Å². The van der Waals surface area contributed by atoms with E-state index in [2.05, 4.69) is 13.0 Å². The lowest BCUT2D eigenvalue weighted by atomic mass is 9.85. The summed E-state index contributed by atoms with van der Waals surface area (Å²) in [5.74, 6) is 0.284. The summed E-state index contributed by atoms with van der Waals surface area (Å²) in [6, 6.07) is 23.0. The number of hydrogen-bond donors (Lipinski definition) is 0. The van der Waals surface area contributed by atoms with Gasteiger partial charge in [-0.05, 0) is 55.5 Å². The van der Waals surface area contributed by atoms with E-state index in [0.717, 1.165) is 34.4 Å². The molecule has 1 heterocycles. The van der Waals surface area contributed by atoms with E-state index in [0.29, 0.717) is 4.90 Å². The number of nitrogens with zero attached hydrogens (tertiary/aromatic N) is 1. The van der Waals surface area contributed by atoms with Gasteiger partial charge in [-0.2, -0.15) is 0 Å². The van der Waals surface area contributed by atoms with Gasteiger partial charge in [0.05, 0.1) is 16.6 Å². The van der Waals surface area contributed by atoms with Gasteiger partial charge in [0.1, 0.15) is 0 Å². The second kappa shape index (κ2) is 7.10. The molecule has 0 unspecified atom stereocenters. The number of benzene rings is 3. The van der Waals surface area contributed by atoms with Crippen LogP contribution in [0.1, 0.15) is 47.6 Å². The SMILES string of the molecule is Cc1ccc(S(=O)(=O)N2c3ccccc3[C@@H](C)C[C@H]2c2cccc(C)c2)cc1. The minimum absolute atomic E-state index is 0.226. The highest BCUT2D eigenvalue weighted by atomic mass is 32.2. The average Bonchev–Trinajstić information content (AvgIpc) is 2.68. The fraction of sp³-hybridized carbons (Fsp3) is 0.250. The predicted octanol–water partition coefficient (Wildman–Crippen LogP) is 5.75. The van der Waals surface area contributed by atoms with Crippen LogP contribution in [0.4, 0.5) is 5.69 Å². The molecule has 28 heavy (non-hydrogen) atoms. The van der Waals surface area contributed by atoms with E-state index in [1.807, 2.05) is 68.4 Å². The fourth-order valence-corrected chi connectivity index (χ4v) is 5.78. The Kier molecular flexibility index (Phi) is 4.76. The highest BCUT2D eigenvalue weighted by Gasteiger charge is 2.39. The molecule has 0 amide bonds. The van der Waals surface area contributed by atoms with Gasteiger partial charge in [0.2, 0.25) is 0 Å². The lowest BCUT2D eigenvalue weighted by molar-refractivity contribution is 0.523. The van der Waals surface area contributed by atoms with E-state index in [1.54, 1.807) is 16.4 Å². The minimum Gasteiger partial charge on any atom is -0.259 e. The molecule has 144 valence electrons. The third-order valence-electron chi connectivity index (χ3n) is 5.57. The molecule has 0 aliphatic carbocycles. The first kappa shape index (κ1) is 18.8. The average molecular weight is 392 g/mol. The van der Waals surface area contributed by atoms with Crippen molar-refractivity contribution in [2.75, 3.05) is 4.31 Å². The van der Waals surface area contributed by atoms with Crippen LogP contribution >= 0.6 is 0 Å². The quantitative estimate of drug-likeness (QED) is 0.570. The highest BCUT2D eigenvalue weighted by molar-refractivity contribution is 7.92. The standard InChI is InChI=1S/C24H25NO2S/c1-17-11-13-21(14-12-17)28(26,27)25-23-10-5-4-9-22(23)19(3)16-24(25)20-8-6-7-18(2)15-20/h4-15,19,24H,16H2,1-3H3/t19-,24-/m0/s1. The Bertz CT molecular complexity index is 1100. The number of para-hydroxylation sites is 1. The summed E-state index contributed by atoms with van der Waals surface area (Å²) < 4.78 is 29.2. The first-order valence-corrected chi connectivity index (χ1v) is 11.1. The number of sulfonamides is 1. The first-order valence-electron chi connectivity index (χ1n) is 9.64. The van der Waals surface area contributed by atoms with Crippen LogP contribution in [-0.2, 0) is 10.0 Å². The Morgan fingerprint density at radius 3 is 2.29 bits per heavy atom. The predicted molar refractivity (Wildman–Crippen MR) is 114 cm³/mol. The number of fused-ring (bicyclic) bond motifs is 1. The molecular weight excluding hydrogens is 366 g/mol. The molecule has 3 nitrogen and oxygen atoms in total. The van der Waals surface area contributed by atoms with Crippen molar-refractivity contribution in [3.05, 3.63) is 95.1 Å². The third-order valence-corrected chi connectivity index (χ3v) is 7.41. The molecule has 0 N–H and O–H groups in total. The zero-order valence-electron chi connectivity index (χ0n) is 16.5. The Morgan fingerprint density at radius 1 is 0.857 bits per heavy atom. The molecule has 3 aromatic carbocycles. The van der Waals surface area contributed by atoms with E-state index in [1.165, 1.54) is 0 Å². The summed E-state index contributed by atoms with van der Waals surface area (Å²) in [5, 5.41) is 0. The molecule has 3 aromatic rings. The maximum Gasteiger partial charge on any atom is 0.264 e. The van der Waals surface area contributed by atoms with Gasteiger partial charge in [0.25, 0.3) is 10.0 Å². The van der Waals surface area contributed by atoms with E-state index in [4.69, 9.17) is 0 Å². The zero-order chi connectivity index (χ0) is 19.9. The van der Waals surface area contributed by atoms with Gasteiger partial charge < -0.3 is 0 Å². The maximum atomic E-state index is 13.8. The smallest absolute Gasteiger partial charge is 0.259 e. The van der Waals surface area contributed by atoms with Gasteiger partial charge in [-0.3, -0.25) is 4.31 Å². The molecular formula is C24H25NO2S. The summed E-state index contributed by atoms with van der Waals surface area (Å²) in [6.07, 6.45) is 0.756. The topological polar surface area (TPSA) is 37.4 Å². The van der Waals surface area contributed by atoms with Gasteiger partial charge in [-0.1, -0.05) is 72.6 Å².